The summed E-state index contributed by atoms with van der Waals surface area (Å²) in [7, 11) is 1.61. The summed E-state index contributed by atoms with van der Waals surface area (Å²) < 4.78 is 12.1. The summed E-state index contributed by atoms with van der Waals surface area (Å²) in [4.78, 5) is 0. The van der Waals surface area contributed by atoms with Crippen molar-refractivity contribution in [2.45, 2.75) is 20.0 Å². The summed E-state index contributed by atoms with van der Waals surface area (Å²) in [5.74, 6) is 1.90. The van der Waals surface area contributed by atoms with Crippen molar-refractivity contribution in [3.63, 3.8) is 0 Å². The molecule has 1 unspecified atom stereocenters. The van der Waals surface area contributed by atoms with Crippen LogP contribution in [0.5, 0.6) is 17.2 Å². The summed E-state index contributed by atoms with van der Waals surface area (Å²) in [6, 6.07) is 11.3. The van der Waals surface area contributed by atoms with Gasteiger partial charge < -0.3 is 14.6 Å². The third-order valence-electron chi connectivity index (χ3n) is 2.96. The minimum absolute atomic E-state index is 0.602. The molecule has 0 aliphatic heterocycles. The summed E-state index contributed by atoms with van der Waals surface area (Å²) in [6.07, 6.45) is -0.602. The van der Waals surface area contributed by atoms with Crippen LogP contribution in [0.2, 0.25) is 0 Å². The van der Waals surface area contributed by atoms with Gasteiger partial charge >= 0.3 is 0 Å². The van der Waals surface area contributed by atoms with Crippen molar-refractivity contribution < 1.29 is 14.6 Å². The molecule has 2 aromatic carbocycles. The third-order valence-corrected chi connectivity index (χ3v) is 3.46. The van der Waals surface area contributed by atoms with E-state index in [0.29, 0.717) is 17.2 Å². The van der Waals surface area contributed by atoms with E-state index in [1.54, 1.807) is 14.0 Å². The Morgan fingerprint density at radius 3 is 2.45 bits per heavy atom. The van der Waals surface area contributed by atoms with E-state index in [9.17, 15) is 5.11 Å². The molecule has 0 bridgehead atoms. The Labute approximate surface area is 127 Å². The number of hydrogen-bond donors (Lipinski definition) is 1. The lowest BCUT2D eigenvalue weighted by Gasteiger charge is -2.15. The number of aliphatic hydroxyl groups excluding tert-OH is 1. The molecule has 0 heterocycles. The highest BCUT2D eigenvalue weighted by atomic mass is 79.9. The molecule has 2 rings (SSSR count). The van der Waals surface area contributed by atoms with Crippen LogP contribution in [0, 0.1) is 6.92 Å². The van der Waals surface area contributed by atoms with Crippen LogP contribution in [0.15, 0.2) is 40.9 Å². The minimum Gasteiger partial charge on any atom is -0.493 e. The summed E-state index contributed by atoms with van der Waals surface area (Å²) >= 11 is 3.41. The second-order valence-corrected chi connectivity index (χ2v) is 5.53. The number of aryl methyl sites for hydroxylation is 1. The van der Waals surface area contributed by atoms with Crippen LogP contribution in [0.1, 0.15) is 24.2 Å². The molecule has 0 spiro atoms. The van der Waals surface area contributed by atoms with Gasteiger partial charge in [-0.05, 0) is 43.7 Å². The number of rotatable bonds is 4. The van der Waals surface area contributed by atoms with Crippen molar-refractivity contribution in [3.05, 3.63) is 52.0 Å². The Balaban J connectivity index is 2.41. The average molecular weight is 337 g/mol. The fraction of sp³-hybridized carbons (Fsp3) is 0.250. The van der Waals surface area contributed by atoms with Gasteiger partial charge in [-0.3, -0.25) is 0 Å². The van der Waals surface area contributed by atoms with Gasteiger partial charge in [0.1, 0.15) is 5.75 Å². The highest BCUT2D eigenvalue weighted by molar-refractivity contribution is 9.10. The maximum absolute atomic E-state index is 9.82. The van der Waals surface area contributed by atoms with Crippen LogP contribution in [-0.2, 0) is 0 Å². The Hall–Kier alpha value is -1.52. The maximum Gasteiger partial charge on any atom is 0.169 e. The second-order valence-electron chi connectivity index (χ2n) is 4.61. The highest BCUT2D eigenvalue weighted by Gasteiger charge is 2.13. The maximum atomic E-state index is 9.82. The Morgan fingerprint density at radius 1 is 1.05 bits per heavy atom. The first-order valence-corrected chi connectivity index (χ1v) is 7.10. The standard InChI is InChI=1S/C16H17BrO3/c1-10-4-7-14(16(8-10)19-3)20-15-9-12(17)5-6-13(15)11(2)18/h4-9,11,18H,1-3H3. The molecule has 0 saturated heterocycles. The highest BCUT2D eigenvalue weighted by Crippen LogP contribution is 2.36. The summed E-state index contributed by atoms with van der Waals surface area (Å²) in [5.41, 5.74) is 1.83. The van der Waals surface area contributed by atoms with E-state index >= 15 is 0 Å². The van der Waals surface area contributed by atoms with Gasteiger partial charge in [0.2, 0.25) is 0 Å². The molecule has 20 heavy (non-hydrogen) atoms. The van der Waals surface area contributed by atoms with E-state index in [4.69, 9.17) is 9.47 Å². The van der Waals surface area contributed by atoms with Crippen molar-refractivity contribution in [2.24, 2.45) is 0 Å². The zero-order valence-electron chi connectivity index (χ0n) is 11.7. The van der Waals surface area contributed by atoms with E-state index in [2.05, 4.69) is 15.9 Å². The molecule has 0 aliphatic rings. The molecule has 0 amide bonds. The number of hydrogen-bond acceptors (Lipinski definition) is 3. The average Bonchev–Trinajstić information content (AvgIpc) is 2.40. The molecule has 0 fully saturated rings. The topological polar surface area (TPSA) is 38.7 Å². The predicted octanol–water partition coefficient (Wildman–Crippen LogP) is 4.61. The Kier molecular flexibility index (Phi) is 4.68. The van der Waals surface area contributed by atoms with E-state index < -0.39 is 6.10 Å². The molecule has 0 saturated carbocycles. The summed E-state index contributed by atoms with van der Waals surface area (Å²) in [5, 5.41) is 9.82. The number of ether oxygens (including phenoxy) is 2. The molecule has 4 heteroatoms. The number of benzene rings is 2. The van der Waals surface area contributed by atoms with Crippen molar-refractivity contribution in [1.29, 1.82) is 0 Å². The quantitative estimate of drug-likeness (QED) is 0.885. The van der Waals surface area contributed by atoms with Crippen LogP contribution < -0.4 is 9.47 Å². The summed E-state index contributed by atoms with van der Waals surface area (Å²) in [6.45, 7) is 3.70. The lowest BCUT2D eigenvalue weighted by atomic mass is 10.1. The van der Waals surface area contributed by atoms with Crippen LogP contribution in [-0.4, -0.2) is 12.2 Å². The first-order chi connectivity index (χ1) is 9.51. The van der Waals surface area contributed by atoms with Crippen molar-refractivity contribution in [3.8, 4) is 17.2 Å². The monoisotopic (exact) mass is 336 g/mol. The van der Waals surface area contributed by atoms with Gasteiger partial charge in [0.05, 0.1) is 13.2 Å². The van der Waals surface area contributed by atoms with Gasteiger partial charge in [-0.2, -0.15) is 0 Å². The Morgan fingerprint density at radius 2 is 1.80 bits per heavy atom. The van der Waals surface area contributed by atoms with E-state index in [0.717, 1.165) is 15.6 Å². The van der Waals surface area contributed by atoms with Crippen LogP contribution in [0.4, 0.5) is 0 Å². The number of halogens is 1. The first kappa shape index (κ1) is 14.9. The third kappa shape index (κ3) is 3.32. The van der Waals surface area contributed by atoms with Gasteiger partial charge in [-0.1, -0.05) is 28.1 Å². The molecule has 1 N–H and O–H groups in total. The van der Waals surface area contributed by atoms with Crippen LogP contribution in [0.25, 0.3) is 0 Å². The fourth-order valence-electron chi connectivity index (χ4n) is 1.92. The zero-order chi connectivity index (χ0) is 14.7. The molecule has 3 nitrogen and oxygen atoms in total. The molecule has 2 aromatic rings. The van der Waals surface area contributed by atoms with Gasteiger partial charge in [-0.15, -0.1) is 0 Å². The van der Waals surface area contributed by atoms with Crippen LogP contribution in [0.3, 0.4) is 0 Å². The second kappa shape index (κ2) is 6.29. The largest absolute Gasteiger partial charge is 0.493 e. The zero-order valence-corrected chi connectivity index (χ0v) is 13.3. The van der Waals surface area contributed by atoms with Gasteiger partial charge in [0.15, 0.2) is 11.5 Å². The van der Waals surface area contributed by atoms with Gasteiger partial charge in [-0.25, -0.2) is 0 Å². The van der Waals surface area contributed by atoms with Crippen molar-refractivity contribution >= 4 is 15.9 Å². The molecule has 0 aromatic heterocycles. The minimum atomic E-state index is -0.602. The Bertz CT molecular complexity index is 609. The normalized spacial score (nSPS) is 12.1. The lowest BCUT2D eigenvalue weighted by Crippen LogP contribution is -1.97. The first-order valence-electron chi connectivity index (χ1n) is 6.31. The number of methoxy groups -OCH3 is 1. The molecular formula is C16H17BrO3. The molecular weight excluding hydrogens is 320 g/mol. The van der Waals surface area contributed by atoms with Gasteiger partial charge in [0.25, 0.3) is 0 Å². The van der Waals surface area contributed by atoms with Crippen molar-refractivity contribution in [1.82, 2.24) is 0 Å². The molecule has 0 radical (unpaired) electrons. The molecule has 106 valence electrons. The molecule has 1 atom stereocenters. The van der Waals surface area contributed by atoms with E-state index in [1.807, 2.05) is 43.3 Å². The fourth-order valence-corrected chi connectivity index (χ4v) is 2.26. The van der Waals surface area contributed by atoms with E-state index in [-0.39, 0.29) is 0 Å². The van der Waals surface area contributed by atoms with Crippen LogP contribution >= 0.6 is 15.9 Å². The SMILES string of the molecule is COc1cc(C)ccc1Oc1cc(Br)ccc1C(C)O. The smallest absolute Gasteiger partial charge is 0.169 e. The van der Waals surface area contributed by atoms with E-state index in [1.165, 1.54) is 0 Å². The predicted molar refractivity (Wildman–Crippen MR) is 82.6 cm³/mol. The number of aliphatic hydroxyl groups is 1. The lowest BCUT2D eigenvalue weighted by molar-refractivity contribution is 0.195. The molecule has 0 aliphatic carbocycles. The van der Waals surface area contributed by atoms with Gasteiger partial charge in [0, 0.05) is 10.0 Å². The van der Waals surface area contributed by atoms with Crippen molar-refractivity contribution in [2.75, 3.05) is 7.11 Å².